The number of amides is 1. The van der Waals surface area contributed by atoms with Gasteiger partial charge in [0.2, 0.25) is 0 Å². The van der Waals surface area contributed by atoms with Crippen LogP contribution < -0.4 is 14.8 Å². The molecule has 1 saturated carbocycles. The van der Waals surface area contributed by atoms with E-state index < -0.39 is 0 Å². The molecule has 4 nitrogen and oxygen atoms in total. The van der Waals surface area contributed by atoms with Crippen molar-refractivity contribution < 1.29 is 14.3 Å². The fourth-order valence-corrected chi connectivity index (χ4v) is 5.05. The van der Waals surface area contributed by atoms with Crippen LogP contribution in [0.5, 0.6) is 11.5 Å². The van der Waals surface area contributed by atoms with E-state index in [0.717, 1.165) is 41.2 Å². The smallest absolute Gasteiger partial charge is 0.261 e. The standard InChI is InChI=1S/C21H25NO3S/c1-2-15-7-12-26-19(15)20(23)22-14-21(8-3-4-9-21)16-5-6-17-18(13-16)25-11-10-24-17/h5-7,12-13H,2-4,8-11,14H2,1H3,(H,22,23). The van der Waals surface area contributed by atoms with E-state index in [1.165, 1.54) is 29.7 Å². The van der Waals surface area contributed by atoms with Gasteiger partial charge >= 0.3 is 0 Å². The van der Waals surface area contributed by atoms with Crippen LogP contribution in [0, 0.1) is 0 Å². The molecule has 1 aromatic carbocycles. The Morgan fingerprint density at radius 1 is 1.15 bits per heavy atom. The third kappa shape index (κ3) is 3.20. The molecule has 2 aliphatic rings. The van der Waals surface area contributed by atoms with E-state index in [4.69, 9.17) is 9.47 Å². The first kappa shape index (κ1) is 17.4. The number of thiophene rings is 1. The molecule has 0 spiro atoms. The Hall–Kier alpha value is -2.01. The van der Waals surface area contributed by atoms with E-state index in [1.807, 2.05) is 17.5 Å². The zero-order valence-corrected chi connectivity index (χ0v) is 16.0. The average Bonchev–Trinajstić information content (AvgIpc) is 3.35. The number of benzene rings is 1. The summed E-state index contributed by atoms with van der Waals surface area (Å²) in [5.41, 5.74) is 2.38. The van der Waals surface area contributed by atoms with Crippen molar-refractivity contribution in [3.8, 4) is 11.5 Å². The van der Waals surface area contributed by atoms with Gasteiger partial charge in [0, 0.05) is 12.0 Å². The van der Waals surface area contributed by atoms with E-state index in [2.05, 4.69) is 24.4 Å². The molecular weight excluding hydrogens is 346 g/mol. The van der Waals surface area contributed by atoms with Crippen molar-refractivity contribution in [1.29, 1.82) is 0 Å². The summed E-state index contributed by atoms with van der Waals surface area (Å²) in [5, 5.41) is 5.22. The van der Waals surface area contributed by atoms with Crippen LogP contribution in [-0.4, -0.2) is 25.7 Å². The minimum absolute atomic E-state index is 0.00483. The molecule has 0 atom stereocenters. The maximum Gasteiger partial charge on any atom is 0.261 e. The molecule has 0 radical (unpaired) electrons. The van der Waals surface area contributed by atoms with Gasteiger partial charge in [-0.3, -0.25) is 4.79 Å². The minimum atomic E-state index is -0.00483. The van der Waals surface area contributed by atoms with Gasteiger partial charge in [-0.1, -0.05) is 25.8 Å². The maximum atomic E-state index is 12.7. The average molecular weight is 372 g/mol. The number of carbonyl (C=O) groups is 1. The van der Waals surface area contributed by atoms with Gasteiger partial charge in [-0.2, -0.15) is 0 Å². The number of aryl methyl sites for hydroxylation is 1. The molecule has 4 rings (SSSR count). The summed E-state index contributed by atoms with van der Waals surface area (Å²) in [6.45, 7) is 3.96. The zero-order chi connectivity index (χ0) is 18.0. The fourth-order valence-electron chi connectivity index (χ4n) is 4.14. The predicted octanol–water partition coefficient (Wildman–Crippen LogP) is 4.32. The summed E-state index contributed by atoms with van der Waals surface area (Å²) in [6, 6.07) is 8.33. The van der Waals surface area contributed by atoms with Gasteiger partial charge in [-0.15, -0.1) is 11.3 Å². The molecule has 1 aliphatic carbocycles. The summed E-state index contributed by atoms with van der Waals surface area (Å²) >= 11 is 1.53. The van der Waals surface area contributed by atoms with Crippen LogP contribution >= 0.6 is 11.3 Å². The fraction of sp³-hybridized carbons (Fsp3) is 0.476. The summed E-state index contributed by atoms with van der Waals surface area (Å²) in [5.74, 6) is 1.71. The van der Waals surface area contributed by atoms with Gasteiger partial charge in [0.25, 0.3) is 5.91 Å². The Morgan fingerprint density at radius 3 is 2.69 bits per heavy atom. The van der Waals surface area contributed by atoms with Gasteiger partial charge in [0.1, 0.15) is 13.2 Å². The van der Waals surface area contributed by atoms with Gasteiger partial charge < -0.3 is 14.8 Å². The predicted molar refractivity (Wildman–Crippen MR) is 104 cm³/mol. The van der Waals surface area contributed by atoms with Crippen molar-refractivity contribution >= 4 is 17.2 Å². The first-order valence-corrected chi connectivity index (χ1v) is 10.3. The quantitative estimate of drug-likeness (QED) is 0.851. The van der Waals surface area contributed by atoms with E-state index in [1.54, 1.807) is 0 Å². The van der Waals surface area contributed by atoms with Crippen molar-refractivity contribution in [2.24, 2.45) is 0 Å². The SMILES string of the molecule is CCc1ccsc1C(=O)NCC1(c2ccc3c(c2)OCCO3)CCCC1. The lowest BCUT2D eigenvalue weighted by Crippen LogP contribution is -2.39. The topological polar surface area (TPSA) is 47.6 Å². The summed E-state index contributed by atoms with van der Waals surface area (Å²) in [6.07, 6.45) is 5.47. The molecule has 26 heavy (non-hydrogen) atoms. The second-order valence-electron chi connectivity index (χ2n) is 7.16. The third-order valence-corrected chi connectivity index (χ3v) is 6.59. The molecule has 0 saturated heterocycles. The Morgan fingerprint density at radius 2 is 1.92 bits per heavy atom. The molecule has 5 heteroatoms. The van der Waals surface area contributed by atoms with Crippen LogP contribution in [0.4, 0.5) is 0 Å². The number of nitrogens with one attached hydrogen (secondary N) is 1. The number of carbonyl (C=O) groups excluding carboxylic acids is 1. The first-order chi connectivity index (χ1) is 12.7. The van der Waals surface area contributed by atoms with Crippen molar-refractivity contribution in [3.63, 3.8) is 0 Å². The molecule has 2 heterocycles. The highest BCUT2D eigenvalue weighted by molar-refractivity contribution is 7.12. The second kappa shape index (κ2) is 7.31. The third-order valence-electron chi connectivity index (χ3n) is 5.64. The van der Waals surface area contributed by atoms with Gasteiger partial charge in [-0.25, -0.2) is 0 Å². The highest BCUT2D eigenvalue weighted by Crippen LogP contribution is 2.43. The summed E-state index contributed by atoms with van der Waals surface area (Å²) in [7, 11) is 0. The van der Waals surface area contributed by atoms with E-state index in [-0.39, 0.29) is 11.3 Å². The van der Waals surface area contributed by atoms with Gasteiger partial charge in [-0.05, 0) is 54.0 Å². The summed E-state index contributed by atoms with van der Waals surface area (Å²) in [4.78, 5) is 13.6. The van der Waals surface area contributed by atoms with Crippen molar-refractivity contribution in [2.45, 2.75) is 44.4 Å². The van der Waals surface area contributed by atoms with E-state index in [9.17, 15) is 4.79 Å². The van der Waals surface area contributed by atoms with Crippen LogP contribution in [0.1, 0.15) is 53.4 Å². The molecule has 1 amide bonds. The van der Waals surface area contributed by atoms with Crippen LogP contribution in [0.2, 0.25) is 0 Å². The molecule has 1 N–H and O–H groups in total. The molecule has 0 unspecified atom stereocenters. The van der Waals surface area contributed by atoms with Crippen LogP contribution in [0.25, 0.3) is 0 Å². The Kier molecular flexibility index (Phi) is 4.90. The molecule has 1 aromatic heterocycles. The second-order valence-corrected chi connectivity index (χ2v) is 8.07. The molecular formula is C21H25NO3S. The largest absolute Gasteiger partial charge is 0.486 e. The van der Waals surface area contributed by atoms with Gasteiger partial charge in [0.05, 0.1) is 4.88 Å². The Bertz CT molecular complexity index is 792. The lowest BCUT2D eigenvalue weighted by molar-refractivity contribution is 0.0946. The number of fused-ring (bicyclic) bond motifs is 1. The number of ether oxygens (including phenoxy) is 2. The number of hydrogen-bond acceptors (Lipinski definition) is 4. The Balaban J connectivity index is 1.54. The first-order valence-electron chi connectivity index (χ1n) is 9.46. The highest BCUT2D eigenvalue weighted by atomic mass is 32.1. The monoisotopic (exact) mass is 371 g/mol. The van der Waals surface area contributed by atoms with Crippen LogP contribution in [-0.2, 0) is 11.8 Å². The molecule has 138 valence electrons. The van der Waals surface area contributed by atoms with Crippen LogP contribution in [0.3, 0.4) is 0 Å². The molecule has 0 bridgehead atoms. The van der Waals surface area contributed by atoms with Gasteiger partial charge in [0.15, 0.2) is 11.5 Å². The zero-order valence-electron chi connectivity index (χ0n) is 15.2. The highest BCUT2D eigenvalue weighted by Gasteiger charge is 2.37. The minimum Gasteiger partial charge on any atom is -0.486 e. The maximum absolute atomic E-state index is 12.7. The van der Waals surface area contributed by atoms with E-state index in [0.29, 0.717) is 19.8 Å². The lowest BCUT2D eigenvalue weighted by atomic mass is 9.78. The number of rotatable bonds is 5. The molecule has 2 aromatic rings. The van der Waals surface area contributed by atoms with E-state index >= 15 is 0 Å². The number of hydrogen-bond donors (Lipinski definition) is 1. The molecule has 1 aliphatic heterocycles. The van der Waals surface area contributed by atoms with Crippen molar-refractivity contribution in [3.05, 3.63) is 45.6 Å². The van der Waals surface area contributed by atoms with Crippen molar-refractivity contribution in [1.82, 2.24) is 5.32 Å². The summed E-state index contributed by atoms with van der Waals surface area (Å²) < 4.78 is 11.4. The lowest BCUT2D eigenvalue weighted by Gasteiger charge is -2.31. The van der Waals surface area contributed by atoms with Crippen molar-refractivity contribution in [2.75, 3.05) is 19.8 Å². The molecule has 1 fully saturated rings. The van der Waals surface area contributed by atoms with Crippen LogP contribution in [0.15, 0.2) is 29.6 Å². The normalized spacial score (nSPS) is 17.9. The Labute approximate surface area is 158 Å².